The fourth-order valence-electron chi connectivity index (χ4n) is 2.03. The molecule has 0 bridgehead atoms. The maximum Gasteiger partial charge on any atom is 0.231 e. The highest BCUT2D eigenvalue weighted by Gasteiger charge is 2.29. The molecule has 2 rings (SSSR count). The van der Waals surface area contributed by atoms with Gasteiger partial charge in [0.05, 0.1) is 11.8 Å². The molecule has 0 aliphatic carbocycles. The average molecular weight is 373 g/mol. The van der Waals surface area contributed by atoms with Gasteiger partial charge in [0.25, 0.3) is 0 Å². The summed E-state index contributed by atoms with van der Waals surface area (Å²) >= 11 is 1.21. The van der Waals surface area contributed by atoms with Gasteiger partial charge in [-0.15, -0.1) is 5.10 Å². The third kappa shape index (κ3) is 5.23. The smallest absolute Gasteiger partial charge is 0.231 e. The summed E-state index contributed by atoms with van der Waals surface area (Å²) in [5.41, 5.74) is 0.160. The van der Waals surface area contributed by atoms with Gasteiger partial charge in [0.2, 0.25) is 11.1 Å². The molecule has 0 aliphatic heterocycles. The molecule has 2 N–H and O–H groups in total. The van der Waals surface area contributed by atoms with E-state index in [1.165, 1.54) is 11.8 Å². The zero-order valence-corrected chi connectivity index (χ0v) is 16.2. The normalized spacial score (nSPS) is 13.1. The van der Waals surface area contributed by atoms with Crippen molar-refractivity contribution in [1.82, 2.24) is 20.5 Å². The van der Waals surface area contributed by atoms with E-state index >= 15 is 0 Å². The number of para-hydroxylation sites is 1. The molecule has 0 aliphatic rings. The number of nitriles is 1. The Morgan fingerprint density at radius 3 is 2.85 bits per heavy atom. The van der Waals surface area contributed by atoms with Crippen molar-refractivity contribution in [3.05, 3.63) is 35.7 Å². The molecule has 8 heteroatoms. The molecule has 0 spiro atoms. The van der Waals surface area contributed by atoms with Crippen LogP contribution in [0.4, 0.5) is 0 Å². The van der Waals surface area contributed by atoms with E-state index in [9.17, 15) is 10.1 Å². The van der Waals surface area contributed by atoms with E-state index in [0.717, 1.165) is 11.3 Å². The molecule has 0 fully saturated rings. The van der Waals surface area contributed by atoms with Crippen molar-refractivity contribution < 1.29 is 9.53 Å². The first-order chi connectivity index (χ1) is 12.3. The van der Waals surface area contributed by atoms with Gasteiger partial charge in [-0.25, -0.2) is 4.98 Å². The second-order valence-corrected chi connectivity index (χ2v) is 7.37. The maximum atomic E-state index is 12.1. The highest BCUT2D eigenvalue weighted by Crippen LogP contribution is 2.19. The molecule has 1 aromatic carbocycles. The first-order valence-electron chi connectivity index (χ1n) is 8.29. The third-order valence-electron chi connectivity index (χ3n) is 4.09. The van der Waals surface area contributed by atoms with Crippen LogP contribution in [0.15, 0.2) is 29.4 Å². The van der Waals surface area contributed by atoms with Crippen LogP contribution < -0.4 is 10.1 Å². The molecule has 7 nitrogen and oxygen atoms in total. The number of nitrogens with one attached hydrogen (secondary N) is 2. The van der Waals surface area contributed by atoms with Crippen molar-refractivity contribution in [2.24, 2.45) is 5.92 Å². The minimum Gasteiger partial charge on any atom is -0.485 e. The number of aromatic amines is 1. The minimum absolute atomic E-state index is 0.00940. The molecule has 1 heterocycles. The van der Waals surface area contributed by atoms with E-state index in [-0.39, 0.29) is 24.2 Å². The van der Waals surface area contributed by atoms with Crippen LogP contribution in [0.25, 0.3) is 0 Å². The second kappa shape index (κ2) is 8.72. The van der Waals surface area contributed by atoms with Gasteiger partial charge in [-0.05, 0) is 31.4 Å². The Kier molecular flexibility index (Phi) is 6.64. The van der Waals surface area contributed by atoms with Crippen LogP contribution in [0.3, 0.4) is 0 Å². The van der Waals surface area contributed by atoms with Crippen molar-refractivity contribution in [3.8, 4) is 11.8 Å². The standard InChI is InChI=1S/C18H23N5O2S/c1-12(2)18(4,11-19)21-16(24)10-26-17-20-15(22-23-17)9-25-14-8-6-5-7-13(14)3/h5-8,12H,9-10H2,1-4H3,(H,21,24)(H,20,22,23)/t18-/m1/s1. The number of amides is 1. The number of hydrogen-bond acceptors (Lipinski definition) is 6. The number of aryl methyl sites for hydroxylation is 1. The largest absolute Gasteiger partial charge is 0.485 e. The molecule has 26 heavy (non-hydrogen) atoms. The number of H-pyrrole nitrogens is 1. The van der Waals surface area contributed by atoms with Gasteiger partial charge in [-0.2, -0.15) is 5.26 Å². The summed E-state index contributed by atoms with van der Waals surface area (Å²) in [4.78, 5) is 16.4. The summed E-state index contributed by atoms with van der Waals surface area (Å²) in [7, 11) is 0. The van der Waals surface area contributed by atoms with E-state index in [2.05, 4.69) is 26.6 Å². The summed E-state index contributed by atoms with van der Waals surface area (Å²) < 4.78 is 5.71. The molecule has 2 aromatic rings. The highest BCUT2D eigenvalue weighted by molar-refractivity contribution is 7.99. The van der Waals surface area contributed by atoms with Crippen molar-refractivity contribution in [2.75, 3.05) is 5.75 Å². The third-order valence-corrected chi connectivity index (χ3v) is 4.93. The average Bonchev–Trinajstić information content (AvgIpc) is 3.07. The first kappa shape index (κ1) is 19.8. The number of carbonyl (C=O) groups is 1. The summed E-state index contributed by atoms with van der Waals surface area (Å²) in [5.74, 6) is 1.30. The van der Waals surface area contributed by atoms with E-state index in [1.54, 1.807) is 6.92 Å². The Labute approximate surface area is 157 Å². The van der Waals surface area contributed by atoms with Gasteiger partial charge in [0.1, 0.15) is 17.9 Å². The van der Waals surface area contributed by atoms with Crippen molar-refractivity contribution in [2.45, 2.75) is 45.0 Å². The van der Waals surface area contributed by atoms with Gasteiger partial charge < -0.3 is 10.1 Å². The van der Waals surface area contributed by atoms with Gasteiger partial charge in [0, 0.05) is 0 Å². The predicted octanol–water partition coefficient (Wildman–Crippen LogP) is 2.84. The van der Waals surface area contributed by atoms with Crippen molar-refractivity contribution >= 4 is 17.7 Å². The second-order valence-electron chi connectivity index (χ2n) is 6.42. The molecule has 1 atom stereocenters. The Bertz CT molecular complexity index is 799. The summed E-state index contributed by atoms with van der Waals surface area (Å²) in [5, 5.41) is 19.4. The summed E-state index contributed by atoms with van der Waals surface area (Å²) in [6.45, 7) is 7.75. The van der Waals surface area contributed by atoms with Crippen LogP contribution in [0.2, 0.25) is 0 Å². The van der Waals surface area contributed by atoms with E-state index < -0.39 is 5.54 Å². The molecule has 138 valence electrons. The van der Waals surface area contributed by atoms with Crippen LogP contribution in [-0.4, -0.2) is 32.4 Å². The zero-order chi connectivity index (χ0) is 19.2. The van der Waals surface area contributed by atoms with Crippen LogP contribution in [0.5, 0.6) is 5.75 Å². The molecule has 0 saturated carbocycles. The van der Waals surface area contributed by atoms with Gasteiger partial charge in [0.15, 0.2) is 5.82 Å². The number of aromatic nitrogens is 3. The molecule has 0 radical (unpaired) electrons. The Balaban J connectivity index is 1.84. The number of carbonyl (C=O) groups excluding carboxylic acids is 1. The molecular weight excluding hydrogens is 350 g/mol. The quantitative estimate of drug-likeness (QED) is 0.690. The SMILES string of the molecule is Cc1ccccc1OCc1nc(SCC(=O)N[C@](C)(C#N)C(C)C)n[nH]1. The van der Waals surface area contributed by atoms with Crippen LogP contribution in [0.1, 0.15) is 32.2 Å². The van der Waals surface area contributed by atoms with Gasteiger partial charge >= 0.3 is 0 Å². The molecule has 0 unspecified atom stereocenters. The lowest BCUT2D eigenvalue weighted by Gasteiger charge is -2.27. The van der Waals surface area contributed by atoms with Crippen LogP contribution >= 0.6 is 11.8 Å². The topological polar surface area (TPSA) is 104 Å². The van der Waals surface area contributed by atoms with E-state index in [4.69, 9.17) is 4.74 Å². The van der Waals surface area contributed by atoms with E-state index in [0.29, 0.717) is 11.0 Å². The van der Waals surface area contributed by atoms with Crippen molar-refractivity contribution in [3.63, 3.8) is 0 Å². The van der Waals surface area contributed by atoms with Crippen molar-refractivity contribution in [1.29, 1.82) is 5.26 Å². The fraction of sp³-hybridized carbons (Fsp3) is 0.444. The minimum atomic E-state index is -0.886. The number of benzene rings is 1. The lowest BCUT2D eigenvalue weighted by molar-refractivity contribution is -0.120. The zero-order valence-electron chi connectivity index (χ0n) is 15.4. The fourth-order valence-corrected chi connectivity index (χ4v) is 2.65. The van der Waals surface area contributed by atoms with E-state index in [1.807, 2.05) is 45.0 Å². The molecule has 1 aromatic heterocycles. The number of nitrogens with zero attached hydrogens (tertiary/aromatic N) is 3. The molecule has 1 amide bonds. The Morgan fingerprint density at radius 1 is 1.46 bits per heavy atom. The number of hydrogen-bond donors (Lipinski definition) is 2. The number of ether oxygens (including phenoxy) is 1. The highest BCUT2D eigenvalue weighted by atomic mass is 32.2. The summed E-state index contributed by atoms with van der Waals surface area (Å²) in [6.07, 6.45) is 0. The number of thioether (sulfide) groups is 1. The number of rotatable bonds is 8. The summed E-state index contributed by atoms with van der Waals surface area (Å²) in [6, 6.07) is 9.89. The maximum absolute atomic E-state index is 12.1. The monoisotopic (exact) mass is 373 g/mol. The van der Waals surface area contributed by atoms with Gasteiger partial charge in [-0.3, -0.25) is 9.89 Å². The van der Waals surface area contributed by atoms with Crippen LogP contribution in [-0.2, 0) is 11.4 Å². The Morgan fingerprint density at radius 2 is 2.19 bits per heavy atom. The first-order valence-corrected chi connectivity index (χ1v) is 9.27. The van der Waals surface area contributed by atoms with Gasteiger partial charge in [-0.1, -0.05) is 43.8 Å². The Hall–Kier alpha value is -2.53. The lowest BCUT2D eigenvalue weighted by atomic mass is 9.90. The van der Waals surface area contributed by atoms with Crippen LogP contribution in [0, 0.1) is 24.2 Å². The molecule has 0 saturated heterocycles. The lowest BCUT2D eigenvalue weighted by Crippen LogP contribution is -2.49. The predicted molar refractivity (Wildman–Crippen MR) is 99.6 cm³/mol. The molecular formula is C18H23N5O2S.